The molecule has 0 aliphatic rings. The largest absolute Gasteiger partial charge is 0.444 e. The lowest BCUT2D eigenvalue weighted by atomic mass is 10.1. The Morgan fingerprint density at radius 3 is 2.46 bits per heavy atom. The van der Waals surface area contributed by atoms with Gasteiger partial charge in [0.1, 0.15) is 5.60 Å². The van der Waals surface area contributed by atoms with E-state index >= 15 is 0 Å². The number of halogens is 1. The Morgan fingerprint density at radius 1 is 1.32 bits per heavy atom. The van der Waals surface area contributed by atoms with Crippen LogP contribution in [0.2, 0.25) is 0 Å². The van der Waals surface area contributed by atoms with Gasteiger partial charge in [0.2, 0.25) is 0 Å². The van der Waals surface area contributed by atoms with Crippen molar-refractivity contribution < 1.29 is 14.1 Å². The molecule has 0 radical (unpaired) electrons. The first-order chi connectivity index (χ1) is 12.5. The minimum absolute atomic E-state index is 0. The molecule has 0 saturated heterocycles. The number of hydrogen-bond acceptors (Lipinski definition) is 5. The second kappa shape index (κ2) is 12.1. The van der Waals surface area contributed by atoms with Crippen molar-refractivity contribution in [2.45, 2.75) is 72.1 Å². The molecule has 1 amide bonds. The number of nitrogens with zero attached hydrogens (tertiary/aromatic N) is 3. The third-order valence-electron chi connectivity index (χ3n) is 4.02. The Balaban J connectivity index is 0.00000729. The number of nitrogens with one attached hydrogen (secondary N) is 2. The van der Waals surface area contributed by atoms with Gasteiger partial charge in [-0.05, 0) is 40.0 Å². The number of aliphatic imine (C=N–C) groups is 1. The highest BCUT2D eigenvalue weighted by molar-refractivity contribution is 14.0. The van der Waals surface area contributed by atoms with Crippen LogP contribution in [0.4, 0.5) is 4.79 Å². The molecule has 1 aromatic rings. The summed E-state index contributed by atoms with van der Waals surface area (Å²) in [6.45, 7) is 12.9. The van der Waals surface area contributed by atoms with E-state index in [1.807, 2.05) is 33.8 Å². The van der Waals surface area contributed by atoms with Crippen LogP contribution in [0.5, 0.6) is 0 Å². The summed E-state index contributed by atoms with van der Waals surface area (Å²) in [6, 6.07) is 1.98. The molecule has 1 unspecified atom stereocenters. The summed E-state index contributed by atoms with van der Waals surface area (Å²) in [5.74, 6) is 1.77. The number of rotatable bonds is 7. The fourth-order valence-electron chi connectivity index (χ4n) is 2.18. The highest BCUT2D eigenvalue weighted by Crippen LogP contribution is 2.14. The van der Waals surface area contributed by atoms with Crippen LogP contribution in [-0.4, -0.2) is 54.4 Å². The van der Waals surface area contributed by atoms with Gasteiger partial charge in [0.15, 0.2) is 11.7 Å². The molecule has 0 bridgehead atoms. The van der Waals surface area contributed by atoms with Crippen LogP contribution in [0.25, 0.3) is 0 Å². The van der Waals surface area contributed by atoms with Crippen LogP contribution >= 0.6 is 24.0 Å². The number of carbonyl (C=O) groups is 1. The summed E-state index contributed by atoms with van der Waals surface area (Å²) in [5, 5.41) is 10.5. The molecule has 0 fully saturated rings. The summed E-state index contributed by atoms with van der Waals surface area (Å²) in [4.78, 5) is 17.9. The minimum atomic E-state index is -0.495. The van der Waals surface area contributed by atoms with Crippen LogP contribution in [0.3, 0.4) is 0 Å². The second-order valence-corrected chi connectivity index (χ2v) is 7.95. The fourth-order valence-corrected chi connectivity index (χ4v) is 2.18. The van der Waals surface area contributed by atoms with E-state index in [9.17, 15) is 4.79 Å². The highest BCUT2D eigenvalue weighted by atomic mass is 127. The van der Waals surface area contributed by atoms with Gasteiger partial charge in [-0.15, -0.1) is 24.0 Å². The zero-order valence-electron chi connectivity index (χ0n) is 18.3. The van der Waals surface area contributed by atoms with Gasteiger partial charge >= 0.3 is 6.09 Å². The quantitative estimate of drug-likeness (QED) is 0.331. The van der Waals surface area contributed by atoms with Gasteiger partial charge in [-0.25, -0.2) is 4.79 Å². The zero-order chi connectivity index (χ0) is 20.6. The van der Waals surface area contributed by atoms with E-state index in [-0.39, 0.29) is 36.1 Å². The van der Waals surface area contributed by atoms with E-state index in [4.69, 9.17) is 9.26 Å². The first-order valence-electron chi connectivity index (χ1n) is 9.39. The number of guanidine groups is 1. The van der Waals surface area contributed by atoms with Crippen molar-refractivity contribution in [2.24, 2.45) is 4.99 Å². The van der Waals surface area contributed by atoms with Crippen LogP contribution in [0.15, 0.2) is 15.6 Å². The number of hydrogen-bond donors (Lipinski definition) is 2. The molecule has 0 saturated carbocycles. The average molecular weight is 509 g/mol. The summed E-state index contributed by atoms with van der Waals surface area (Å²) in [6.07, 6.45) is 0.444. The van der Waals surface area contributed by atoms with Gasteiger partial charge in [-0.1, -0.05) is 19.0 Å². The standard InChI is InChI=1S/C19H35N5O3.HI/c1-13(2)16-11-15(27-23-16)12-22-17(20-7)21-10-9-14(3)24(8)18(25)26-19(4,5)6;/h11,13-14H,9-10,12H2,1-8H3,(H2,20,21,22);1H. The van der Waals surface area contributed by atoms with Crippen LogP contribution in [-0.2, 0) is 11.3 Å². The lowest BCUT2D eigenvalue weighted by Gasteiger charge is -2.28. The Kier molecular flexibility index (Phi) is 11.5. The maximum atomic E-state index is 12.1. The fraction of sp³-hybridized carbons (Fsp3) is 0.737. The van der Waals surface area contributed by atoms with Gasteiger partial charge < -0.3 is 24.8 Å². The number of amides is 1. The first kappa shape index (κ1) is 26.5. The van der Waals surface area contributed by atoms with Crippen molar-refractivity contribution in [3.05, 3.63) is 17.5 Å². The highest BCUT2D eigenvalue weighted by Gasteiger charge is 2.22. The van der Waals surface area contributed by atoms with E-state index in [2.05, 4.69) is 34.6 Å². The molecule has 8 nitrogen and oxygen atoms in total. The number of ether oxygens (including phenoxy) is 1. The van der Waals surface area contributed by atoms with E-state index in [0.29, 0.717) is 25.0 Å². The molecule has 1 heterocycles. The van der Waals surface area contributed by atoms with Gasteiger partial charge in [-0.3, -0.25) is 4.99 Å². The van der Waals surface area contributed by atoms with Crippen molar-refractivity contribution >= 4 is 36.0 Å². The molecule has 0 aromatic carbocycles. The molecule has 0 aliphatic heterocycles. The van der Waals surface area contributed by atoms with Crippen molar-refractivity contribution in [2.75, 3.05) is 20.6 Å². The van der Waals surface area contributed by atoms with Crippen molar-refractivity contribution in [3.63, 3.8) is 0 Å². The molecule has 1 atom stereocenters. The van der Waals surface area contributed by atoms with Crippen LogP contribution in [0, 0.1) is 0 Å². The number of carbonyl (C=O) groups excluding carboxylic acids is 1. The van der Waals surface area contributed by atoms with Gasteiger partial charge in [0.25, 0.3) is 0 Å². The normalized spacial score (nSPS) is 13.0. The molecule has 28 heavy (non-hydrogen) atoms. The Hall–Kier alpha value is -1.52. The maximum Gasteiger partial charge on any atom is 0.410 e. The van der Waals surface area contributed by atoms with Crippen LogP contribution < -0.4 is 10.6 Å². The molecule has 2 N–H and O–H groups in total. The van der Waals surface area contributed by atoms with Crippen LogP contribution in [0.1, 0.15) is 65.3 Å². The Bertz CT molecular complexity index is 625. The van der Waals surface area contributed by atoms with E-state index in [1.165, 1.54) is 0 Å². The van der Waals surface area contributed by atoms with E-state index in [0.717, 1.165) is 17.9 Å². The lowest BCUT2D eigenvalue weighted by Crippen LogP contribution is -2.42. The zero-order valence-corrected chi connectivity index (χ0v) is 20.7. The van der Waals surface area contributed by atoms with Crippen molar-refractivity contribution in [3.8, 4) is 0 Å². The molecular weight excluding hydrogens is 473 g/mol. The van der Waals surface area contributed by atoms with E-state index < -0.39 is 5.60 Å². The topological polar surface area (TPSA) is 92.0 Å². The minimum Gasteiger partial charge on any atom is -0.444 e. The van der Waals surface area contributed by atoms with Gasteiger partial charge in [0, 0.05) is 32.7 Å². The summed E-state index contributed by atoms with van der Waals surface area (Å²) in [5.41, 5.74) is 0.444. The summed E-state index contributed by atoms with van der Waals surface area (Å²) < 4.78 is 10.7. The predicted octanol–water partition coefficient (Wildman–Crippen LogP) is 3.73. The maximum absolute atomic E-state index is 12.1. The van der Waals surface area contributed by atoms with Gasteiger partial charge in [0.05, 0.1) is 12.2 Å². The molecule has 9 heteroatoms. The molecule has 1 aromatic heterocycles. The molecule has 1 rings (SSSR count). The Labute approximate surface area is 185 Å². The smallest absolute Gasteiger partial charge is 0.410 e. The summed E-state index contributed by atoms with van der Waals surface area (Å²) >= 11 is 0. The monoisotopic (exact) mass is 509 g/mol. The molecule has 162 valence electrons. The molecule has 0 aliphatic carbocycles. The molecule has 0 spiro atoms. The van der Waals surface area contributed by atoms with Crippen molar-refractivity contribution in [1.29, 1.82) is 0 Å². The summed E-state index contributed by atoms with van der Waals surface area (Å²) in [7, 11) is 3.47. The van der Waals surface area contributed by atoms with Crippen molar-refractivity contribution in [1.82, 2.24) is 20.7 Å². The Morgan fingerprint density at radius 2 is 1.96 bits per heavy atom. The average Bonchev–Trinajstić information content (AvgIpc) is 3.04. The third-order valence-corrected chi connectivity index (χ3v) is 4.02. The van der Waals surface area contributed by atoms with E-state index in [1.54, 1.807) is 19.0 Å². The first-order valence-corrected chi connectivity index (χ1v) is 9.39. The molecular formula is C19H36IN5O3. The van der Waals surface area contributed by atoms with Gasteiger partial charge in [-0.2, -0.15) is 0 Å². The second-order valence-electron chi connectivity index (χ2n) is 7.95. The lowest BCUT2D eigenvalue weighted by molar-refractivity contribution is 0.0230. The predicted molar refractivity (Wildman–Crippen MR) is 122 cm³/mol. The number of aromatic nitrogens is 1. The SMILES string of the molecule is CN=C(NCCC(C)N(C)C(=O)OC(C)(C)C)NCc1cc(C(C)C)no1.I. The third kappa shape index (κ3) is 9.61.